The first-order valence-corrected chi connectivity index (χ1v) is 6.99. The fourth-order valence-electron chi connectivity index (χ4n) is 1.79. The van der Waals surface area contributed by atoms with Crippen molar-refractivity contribution >= 4 is 28.3 Å². The SMILES string of the molecule is NC(=O)c1nnc(NC(=O)c2cncn2-c2ccccc2)s1. The fraction of sp³-hybridized carbons (Fsp3) is 0. The molecule has 0 atom stereocenters. The Hall–Kier alpha value is -3.07. The van der Waals surface area contributed by atoms with Crippen LogP contribution in [0, 0.1) is 0 Å². The second-order valence-electron chi connectivity index (χ2n) is 4.22. The first-order valence-electron chi connectivity index (χ1n) is 6.17. The lowest BCUT2D eigenvalue weighted by Crippen LogP contribution is -2.15. The predicted molar refractivity (Wildman–Crippen MR) is 79.9 cm³/mol. The van der Waals surface area contributed by atoms with Gasteiger partial charge in [0, 0.05) is 5.69 Å². The molecule has 0 saturated heterocycles. The molecular formula is C13H10N6O2S. The molecule has 110 valence electrons. The molecule has 3 rings (SSSR count). The number of carbonyl (C=O) groups excluding carboxylic acids is 2. The van der Waals surface area contributed by atoms with E-state index >= 15 is 0 Å². The quantitative estimate of drug-likeness (QED) is 0.747. The maximum Gasteiger partial charge on any atom is 0.279 e. The molecular weight excluding hydrogens is 304 g/mol. The smallest absolute Gasteiger partial charge is 0.279 e. The number of hydrogen-bond donors (Lipinski definition) is 2. The standard InChI is InChI=1S/C13H10N6O2S/c14-10(20)12-17-18-13(22-12)16-11(21)9-6-15-7-19(9)8-4-2-1-3-5-8/h1-7H,(H2,14,20)(H,16,18,21). The van der Waals surface area contributed by atoms with E-state index in [4.69, 9.17) is 5.73 Å². The second-order valence-corrected chi connectivity index (χ2v) is 5.19. The molecule has 0 aliphatic carbocycles. The minimum Gasteiger partial charge on any atom is -0.363 e. The highest BCUT2D eigenvalue weighted by Crippen LogP contribution is 2.17. The van der Waals surface area contributed by atoms with Crippen LogP contribution in [0.5, 0.6) is 0 Å². The third-order valence-electron chi connectivity index (χ3n) is 2.76. The highest BCUT2D eigenvalue weighted by atomic mass is 32.1. The topological polar surface area (TPSA) is 116 Å². The van der Waals surface area contributed by atoms with Crippen LogP contribution in [0.4, 0.5) is 5.13 Å². The van der Waals surface area contributed by atoms with Gasteiger partial charge in [0.15, 0.2) is 0 Å². The van der Waals surface area contributed by atoms with Crippen molar-refractivity contribution in [3.8, 4) is 5.69 Å². The molecule has 3 aromatic rings. The van der Waals surface area contributed by atoms with Gasteiger partial charge in [-0.1, -0.05) is 29.5 Å². The van der Waals surface area contributed by atoms with Crippen molar-refractivity contribution in [2.75, 3.05) is 5.32 Å². The lowest BCUT2D eigenvalue weighted by molar-refractivity contribution is 0.0996. The van der Waals surface area contributed by atoms with Crippen LogP contribution in [0.25, 0.3) is 5.69 Å². The molecule has 0 aliphatic heterocycles. The molecule has 8 nitrogen and oxygen atoms in total. The van der Waals surface area contributed by atoms with Crippen molar-refractivity contribution in [1.82, 2.24) is 19.7 Å². The van der Waals surface area contributed by atoms with E-state index in [1.54, 1.807) is 10.9 Å². The van der Waals surface area contributed by atoms with Crippen LogP contribution in [0.3, 0.4) is 0 Å². The molecule has 2 aromatic heterocycles. The number of anilines is 1. The van der Waals surface area contributed by atoms with Gasteiger partial charge in [0.1, 0.15) is 5.69 Å². The first kappa shape index (κ1) is 13.9. The zero-order chi connectivity index (χ0) is 15.5. The van der Waals surface area contributed by atoms with E-state index in [-0.39, 0.29) is 10.1 Å². The third-order valence-corrected chi connectivity index (χ3v) is 3.61. The van der Waals surface area contributed by atoms with Crippen molar-refractivity contribution in [1.29, 1.82) is 0 Å². The van der Waals surface area contributed by atoms with Gasteiger partial charge in [-0.3, -0.25) is 19.5 Å². The van der Waals surface area contributed by atoms with Crippen molar-refractivity contribution < 1.29 is 9.59 Å². The van der Waals surface area contributed by atoms with E-state index in [0.29, 0.717) is 5.69 Å². The Morgan fingerprint density at radius 2 is 1.95 bits per heavy atom. The Balaban J connectivity index is 1.84. The number of hydrogen-bond acceptors (Lipinski definition) is 6. The predicted octanol–water partition coefficient (Wildman–Crippen LogP) is 1.07. The van der Waals surface area contributed by atoms with Gasteiger partial charge < -0.3 is 5.73 Å². The van der Waals surface area contributed by atoms with E-state index < -0.39 is 11.8 Å². The number of nitrogens with two attached hydrogens (primary N) is 1. The van der Waals surface area contributed by atoms with E-state index in [9.17, 15) is 9.59 Å². The Labute approximate surface area is 128 Å². The second kappa shape index (κ2) is 5.74. The minimum atomic E-state index is -0.688. The number of primary amides is 1. The van der Waals surface area contributed by atoms with Gasteiger partial charge >= 0.3 is 0 Å². The Bertz CT molecular complexity index is 826. The number of amides is 2. The van der Waals surface area contributed by atoms with Gasteiger partial charge in [-0.15, -0.1) is 10.2 Å². The number of benzene rings is 1. The van der Waals surface area contributed by atoms with Crippen LogP contribution in [0.1, 0.15) is 20.3 Å². The van der Waals surface area contributed by atoms with Gasteiger partial charge in [0.05, 0.1) is 12.5 Å². The number of nitrogens with zero attached hydrogens (tertiary/aromatic N) is 4. The maximum atomic E-state index is 12.3. The van der Waals surface area contributed by atoms with E-state index in [1.807, 2.05) is 30.3 Å². The largest absolute Gasteiger partial charge is 0.363 e. The number of para-hydroxylation sites is 1. The molecule has 0 aliphatic rings. The van der Waals surface area contributed by atoms with Gasteiger partial charge in [0.25, 0.3) is 11.8 Å². The van der Waals surface area contributed by atoms with Crippen LogP contribution >= 0.6 is 11.3 Å². The Morgan fingerprint density at radius 1 is 1.18 bits per heavy atom. The monoisotopic (exact) mass is 314 g/mol. The fourth-order valence-corrected chi connectivity index (χ4v) is 2.38. The molecule has 9 heteroatoms. The zero-order valence-electron chi connectivity index (χ0n) is 11.1. The maximum absolute atomic E-state index is 12.3. The summed E-state index contributed by atoms with van der Waals surface area (Å²) in [5, 5.41) is 10.1. The number of aromatic nitrogens is 4. The molecule has 0 unspecified atom stereocenters. The molecule has 0 fully saturated rings. The number of nitrogens with one attached hydrogen (secondary N) is 1. The van der Waals surface area contributed by atoms with Gasteiger partial charge in [0.2, 0.25) is 10.1 Å². The summed E-state index contributed by atoms with van der Waals surface area (Å²) in [5.41, 5.74) is 6.24. The van der Waals surface area contributed by atoms with Crippen LogP contribution in [-0.4, -0.2) is 31.6 Å². The molecule has 0 bridgehead atoms. The van der Waals surface area contributed by atoms with Crippen LogP contribution in [0.2, 0.25) is 0 Å². The third kappa shape index (κ3) is 2.69. The van der Waals surface area contributed by atoms with Crippen molar-refractivity contribution in [2.45, 2.75) is 0 Å². The summed E-state index contributed by atoms with van der Waals surface area (Å²) < 4.78 is 1.64. The van der Waals surface area contributed by atoms with Gasteiger partial charge in [-0.05, 0) is 12.1 Å². The lowest BCUT2D eigenvalue weighted by Gasteiger charge is -2.06. The lowest BCUT2D eigenvalue weighted by atomic mass is 10.3. The normalized spacial score (nSPS) is 10.4. The van der Waals surface area contributed by atoms with Crippen molar-refractivity contribution in [2.24, 2.45) is 5.73 Å². The van der Waals surface area contributed by atoms with E-state index in [0.717, 1.165) is 17.0 Å². The summed E-state index contributed by atoms with van der Waals surface area (Å²) in [4.78, 5) is 27.3. The van der Waals surface area contributed by atoms with Gasteiger partial charge in [-0.2, -0.15) is 0 Å². The van der Waals surface area contributed by atoms with E-state index in [2.05, 4.69) is 20.5 Å². The molecule has 2 heterocycles. The van der Waals surface area contributed by atoms with Crippen LogP contribution in [-0.2, 0) is 0 Å². The Morgan fingerprint density at radius 3 is 2.64 bits per heavy atom. The summed E-state index contributed by atoms with van der Waals surface area (Å²) in [7, 11) is 0. The molecule has 1 aromatic carbocycles. The first-order chi connectivity index (χ1) is 10.6. The number of rotatable bonds is 4. The van der Waals surface area contributed by atoms with Crippen molar-refractivity contribution in [3.05, 3.63) is 53.6 Å². The summed E-state index contributed by atoms with van der Waals surface area (Å²) in [6, 6.07) is 9.32. The molecule has 3 N–H and O–H groups in total. The van der Waals surface area contributed by atoms with Crippen LogP contribution in [0.15, 0.2) is 42.9 Å². The Kier molecular flexibility index (Phi) is 3.62. The molecule has 2 amide bonds. The van der Waals surface area contributed by atoms with Gasteiger partial charge in [-0.25, -0.2) is 4.98 Å². The molecule has 0 saturated carbocycles. The van der Waals surface area contributed by atoms with Crippen LogP contribution < -0.4 is 11.1 Å². The van der Waals surface area contributed by atoms with E-state index in [1.165, 1.54) is 6.20 Å². The number of carbonyl (C=O) groups is 2. The highest BCUT2D eigenvalue weighted by molar-refractivity contribution is 7.17. The summed E-state index contributed by atoms with van der Waals surface area (Å²) in [6.07, 6.45) is 2.98. The molecule has 22 heavy (non-hydrogen) atoms. The summed E-state index contributed by atoms with van der Waals surface area (Å²) in [5.74, 6) is -1.10. The summed E-state index contributed by atoms with van der Waals surface area (Å²) >= 11 is 0.910. The average molecular weight is 314 g/mol. The molecule has 0 radical (unpaired) electrons. The summed E-state index contributed by atoms with van der Waals surface area (Å²) in [6.45, 7) is 0. The molecule has 0 spiro atoms. The van der Waals surface area contributed by atoms with Crippen molar-refractivity contribution in [3.63, 3.8) is 0 Å². The average Bonchev–Trinajstić information content (AvgIpc) is 3.17. The minimum absolute atomic E-state index is 0.0341. The zero-order valence-corrected chi connectivity index (χ0v) is 11.9. The highest BCUT2D eigenvalue weighted by Gasteiger charge is 2.16. The number of imidazole rings is 1.